The first kappa shape index (κ1) is 17.7. The van der Waals surface area contributed by atoms with Crippen molar-refractivity contribution in [2.24, 2.45) is 0 Å². The van der Waals surface area contributed by atoms with Gasteiger partial charge in [0.2, 0.25) is 0 Å². The fraction of sp³-hybridized carbons (Fsp3) is 0.118. The summed E-state index contributed by atoms with van der Waals surface area (Å²) >= 11 is 13.2. The van der Waals surface area contributed by atoms with Crippen LogP contribution in [0.3, 0.4) is 0 Å². The molecule has 3 rings (SSSR count). The lowest BCUT2D eigenvalue weighted by atomic mass is 10.2. The van der Waals surface area contributed by atoms with Gasteiger partial charge >= 0.3 is 0 Å². The van der Waals surface area contributed by atoms with Crippen molar-refractivity contribution >= 4 is 45.6 Å². The minimum absolute atomic E-state index is 0.318. The molecule has 0 aliphatic carbocycles. The number of carbonyl (C=O) groups is 1. The van der Waals surface area contributed by atoms with Gasteiger partial charge in [-0.1, -0.05) is 23.2 Å². The Hall–Kier alpha value is -2.15. The zero-order valence-corrected chi connectivity index (χ0v) is 15.4. The molecule has 0 aliphatic heterocycles. The van der Waals surface area contributed by atoms with Crippen LogP contribution in [0.5, 0.6) is 5.75 Å². The number of ether oxygens (including phenoxy) is 1. The highest BCUT2D eigenvalue weighted by Crippen LogP contribution is 2.29. The van der Waals surface area contributed by atoms with Crippen molar-refractivity contribution in [3.63, 3.8) is 0 Å². The van der Waals surface area contributed by atoms with Gasteiger partial charge in [0.1, 0.15) is 5.75 Å². The molecular weight excluding hydrogens is 381 g/mol. The number of hydrogen-bond donors (Lipinski definition) is 1. The summed E-state index contributed by atoms with van der Waals surface area (Å²) in [5.74, 6) is 0.0759. The van der Waals surface area contributed by atoms with Gasteiger partial charge in [-0.2, -0.15) is 0 Å². The van der Waals surface area contributed by atoms with E-state index in [2.05, 4.69) is 15.3 Å². The Kier molecular flexibility index (Phi) is 5.53. The first-order chi connectivity index (χ1) is 12.0. The minimum atomic E-state index is -0.744. The largest absolute Gasteiger partial charge is 0.479 e. The molecule has 0 radical (unpaired) electrons. The molecule has 1 amide bonds. The summed E-state index contributed by atoms with van der Waals surface area (Å²) in [6.45, 7) is 1.64. The Balaban J connectivity index is 1.65. The van der Waals surface area contributed by atoms with Crippen LogP contribution in [0.1, 0.15) is 6.92 Å². The van der Waals surface area contributed by atoms with E-state index in [1.165, 1.54) is 11.3 Å². The quantitative estimate of drug-likeness (QED) is 0.667. The first-order valence-corrected chi connectivity index (χ1v) is 8.95. The number of nitrogens with one attached hydrogen (secondary N) is 1. The molecule has 2 aromatic heterocycles. The van der Waals surface area contributed by atoms with Gasteiger partial charge in [0.15, 0.2) is 11.2 Å². The van der Waals surface area contributed by atoms with Crippen molar-refractivity contribution in [1.82, 2.24) is 9.97 Å². The van der Waals surface area contributed by atoms with Crippen molar-refractivity contribution in [3.8, 4) is 17.0 Å². The second kappa shape index (κ2) is 7.82. The summed E-state index contributed by atoms with van der Waals surface area (Å²) < 4.78 is 5.59. The normalized spacial score (nSPS) is 11.8. The van der Waals surface area contributed by atoms with Crippen molar-refractivity contribution in [1.29, 1.82) is 0 Å². The van der Waals surface area contributed by atoms with Gasteiger partial charge in [-0.15, -0.1) is 11.3 Å². The number of thiazole rings is 1. The Morgan fingerprint density at radius 3 is 2.72 bits per heavy atom. The molecule has 0 spiro atoms. The third-order valence-electron chi connectivity index (χ3n) is 3.28. The van der Waals surface area contributed by atoms with E-state index in [1.54, 1.807) is 37.5 Å². The molecule has 5 nitrogen and oxygen atoms in total. The second-order valence-electron chi connectivity index (χ2n) is 5.10. The Morgan fingerprint density at radius 2 is 2.00 bits per heavy atom. The molecular formula is C17H13Cl2N3O2S. The van der Waals surface area contributed by atoms with Crippen LogP contribution in [0.15, 0.2) is 48.1 Å². The fourth-order valence-electron chi connectivity index (χ4n) is 2.01. The van der Waals surface area contributed by atoms with Crippen molar-refractivity contribution in [3.05, 3.63) is 58.2 Å². The van der Waals surface area contributed by atoms with E-state index in [0.29, 0.717) is 20.9 Å². The number of hydrogen-bond acceptors (Lipinski definition) is 5. The van der Waals surface area contributed by atoms with E-state index in [1.807, 2.05) is 17.5 Å². The Morgan fingerprint density at radius 1 is 1.24 bits per heavy atom. The van der Waals surface area contributed by atoms with Gasteiger partial charge in [0.25, 0.3) is 5.91 Å². The summed E-state index contributed by atoms with van der Waals surface area (Å²) in [5.41, 5.74) is 1.71. The standard InChI is InChI=1S/C17H13Cl2N3O2S/c1-10(24-15-3-2-12(18)8-13(15)19)16(23)22-17-21-14(9-25-17)11-4-6-20-7-5-11/h2-10H,1H3,(H,21,22,23)/t10-/m0/s1. The topological polar surface area (TPSA) is 64.1 Å². The summed E-state index contributed by atoms with van der Waals surface area (Å²) in [4.78, 5) is 20.7. The smallest absolute Gasteiger partial charge is 0.266 e. The number of aromatic nitrogens is 2. The van der Waals surface area contributed by atoms with E-state index in [4.69, 9.17) is 27.9 Å². The molecule has 3 aromatic rings. The molecule has 0 saturated carbocycles. The molecule has 0 aliphatic rings. The highest BCUT2D eigenvalue weighted by Gasteiger charge is 2.18. The summed E-state index contributed by atoms with van der Waals surface area (Å²) in [7, 11) is 0. The molecule has 1 N–H and O–H groups in total. The van der Waals surface area contributed by atoms with Gasteiger partial charge in [-0.3, -0.25) is 15.1 Å². The molecule has 0 bridgehead atoms. The molecule has 8 heteroatoms. The molecule has 0 unspecified atom stereocenters. The molecule has 25 heavy (non-hydrogen) atoms. The average Bonchev–Trinajstić information content (AvgIpc) is 3.06. The number of halogens is 2. The van der Waals surface area contributed by atoms with Gasteiger partial charge in [-0.05, 0) is 37.3 Å². The maximum atomic E-state index is 12.3. The lowest BCUT2D eigenvalue weighted by Crippen LogP contribution is -2.30. The minimum Gasteiger partial charge on any atom is -0.479 e. The summed E-state index contributed by atoms with van der Waals surface area (Å²) in [6.07, 6.45) is 2.64. The predicted molar refractivity (Wildman–Crippen MR) is 101 cm³/mol. The molecule has 0 fully saturated rings. The number of benzene rings is 1. The van der Waals surface area contributed by atoms with E-state index in [9.17, 15) is 4.79 Å². The van der Waals surface area contributed by atoms with Crippen LogP contribution in [-0.4, -0.2) is 22.0 Å². The molecule has 1 atom stereocenters. The maximum absolute atomic E-state index is 12.3. The second-order valence-corrected chi connectivity index (χ2v) is 6.80. The monoisotopic (exact) mass is 393 g/mol. The number of carbonyl (C=O) groups excluding carboxylic acids is 1. The predicted octanol–water partition coefficient (Wildman–Crippen LogP) is 4.92. The van der Waals surface area contributed by atoms with E-state index >= 15 is 0 Å². The molecule has 2 heterocycles. The Bertz CT molecular complexity index is 887. The lowest BCUT2D eigenvalue weighted by Gasteiger charge is -2.14. The maximum Gasteiger partial charge on any atom is 0.266 e. The van der Waals surface area contributed by atoms with Gasteiger partial charge in [-0.25, -0.2) is 4.98 Å². The molecule has 128 valence electrons. The van der Waals surface area contributed by atoms with Crippen LogP contribution in [0, 0.1) is 0 Å². The number of nitrogens with zero attached hydrogens (tertiary/aromatic N) is 2. The van der Waals surface area contributed by atoms with E-state index in [-0.39, 0.29) is 5.91 Å². The zero-order chi connectivity index (χ0) is 17.8. The zero-order valence-electron chi connectivity index (χ0n) is 13.1. The number of rotatable bonds is 5. The number of pyridine rings is 1. The summed E-state index contributed by atoms with van der Waals surface area (Å²) in [6, 6.07) is 8.54. The fourth-order valence-corrected chi connectivity index (χ4v) is 3.18. The van der Waals surface area contributed by atoms with E-state index in [0.717, 1.165) is 11.3 Å². The SMILES string of the molecule is C[C@H](Oc1ccc(Cl)cc1Cl)C(=O)Nc1nc(-c2ccncc2)cs1. The third-order valence-corrected chi connectivity index (χ3v) is 4.57. The van der Waals surface area contributed by atoms with Gasteiger partial charge in [0.05, 0.1) is 10.7 Å². The number of anilines is 1. The number of amides is 1. The first-order valence-electron chi connectivity index (χ1n) is 7.31. The highest BCUT2D eigenvalue weighted by molar-refractivity contribution is 7.14. The van der Waals surface area contributed by atoms with Crippen LogP contribution in [0.2, 0.25) is 10.0 Å². The van der Waals surface area contributed by atoms with Crippen molar-refractivity contribution in [2.45, 2.75) is 13.0 Å². The third kappa shape index (κ3) is 4.48. The van der Waals surface area contributed by atoms with E-state index < -0.39 is 6.10 Å². The van der Waals surface area contributed by atoms with Crippen LogP contribution >= 0.6 is 34.5 Å². The Labute approximate surface area is 158 Å². The summed E-state index contributed by atoms with van der Waals surface area (Å²) in [5, 5.41) is 5.95. The van der Waals surface area contributed by atoms with Gasteiger partial charge in [0, 0.05) is 28.4 Å². The van der Waals surface area contributed by atoms with Gasteiger partial charge < -0.3 is 4.74 Å². The van der Waals surface area contributed by atoms with Crippen LogP contribution in [-0.2, 0) is 4.79 Å². The highest BCUT2D eigenvalue weighted by atomic mass is 35.5. The van der Waals surface area contributed by atoms with Crippen molar-refractivity contribution < 1.29 is 9.53 Å². The van der Waals surface area contributed by atoms with Crippen LogP contribution in [0.4, 0.5) is 5.13 Å². The van der Waals surface area contributed by atoms with Crippen molar-refractivity contribution in [2.75, 3.05) is 5.32 Å². The van der Waals surface area contributed by atoms with Crippen LogP contribution in [0.25, 0.3) is 11.3 Å². The molecule has 0 saturated heterocycles. The average molecular weight is 394 g/mol. The lowest BCUT2D eigenvalue weighted by molar-refractivity contribution is -0.122. The van der Waals surface area contributed by atoms with Crippen LogP contribution < -0.4 is 10.1 Å². The molecule has 1 aromatic carbocycles.